The Kier molecular flexibility index (Phi) is 36.9. The van der Waals surface area contributed by atoms with Crippen LogP contribution < -0.4 is 82.7 Å². The average Bonchev–Trinajstić information content (AvgIpc) is 0.843. The second kappa shape index (κ2) is 45.9. The number of ether oxygens (including phenoxy) is 7. The third-order valence-electron chi connectivity index (χ3n) is 20.1. The number of nitrogen functional groups attached to an aromatic ring is 1. The first kappa shape index (κ1) is 98.2. The number of aliphatic hydroxyl groups excluding tert-OH is 11. The molecule has 3 fully saturated rings. The molecule has 122 heavy (non-hydrogen) atoms. The van der Waals surface area contributed by atoms with Crippen LogP contribution in [0.15, 0.2) is 53.6 Å². The summed E-state index contributed by atoms with van der Waals surface area (Å²) in [7, 11) is 0. The van der Waals surface area contributed by atoms with E-state index in [9.17, 15) is 89.7 Å². The minimum Gasteiger partial charge on any atom is -0.441 e. The highest BCUT2D eigenvalue weighted by molar-refractivity contribution is 7.14. The lowest BCUT2D eigenvalue weighted by molar-refractivity contribution is -0.372. The smallest absolute Gasteiger partial charge is 0.404 e. The molecule has 5 aromatic rings. The van der Waals surface area contributed by atoms with E-state index in [1.807, 2.05) is 30.3 Å². The van der Waals surface area contributed by atoms with E-state index in [1.165, 1.54) is 24.6 Å². The summed E-state index contributed by atoms with van der Waals surface area (Å²) in [5, 5.41) is 147. The number of carbonyl (C=O) groups excluding carboxylic acids is 9. The molecular weight excluding hydrogens is 1660 g/mol. The number of nitrogens with one attached hydrogen (secondary N) is 9. The number of primary amides is 3. The van der Waals surface area contributed by atoms with Crippen LogP contribution in [0.2, 0.25) is 0 Å². The van der Waals surface area contributed by atoms with Gasteiger partial charge in [-0.25, -0.2) is 29.7 Å². The van der Waals surface area contributed by atoms with Crippen molar-refractivity contribution in [3.8, 4) is 10.7 Å². The van der Waals surface area contributed by atoms with Gasteiger partial charge in [0.1, 0.15) is 112 Å². The number of aliphatic hydroxyl groups is 11. The van der Waals surface area contributed by atoms with Crippen molar-refractivity contribution < 1.29 is 132 Å². The summed E-state index contributed by atoms with van der Waals surface area (Å²) >= 11 is 1.84. The summed E-state index contributed by atoms with van der Waals surface area (Å²) in [5.74, 6) is -8.65. The van der Waals surface area contributed by atoms with Crippen LogP contribution in [0.25, 0.3) is 10.7 Å². The molecule has 3 aliphatic rings. The summed E-state index contributed by atoms with van der Waals surface area (Å²) in [6.45, 7) is 5.84. The number of aromatic nitrogens is 6. The van der Waals surface area contributed by atoms with Crippen molar-refractivity contribution in [2.75, 3.05) is 45.1 Å². The number of hydrogen-bond donors (Lipinski definition) is 27. The van der Waals surface area contributed by atoms with Gasteiger partial charge in [0.25, 0.3) is 11.8 Å². The monoisotopic (exact) mass is 1760 g/mol. The van der Waals surface area contributed by atoms with Crippen LogP contribution in [0.4, 0.5) is 10.6 Å². The minimum absolute atomic E-state index is 0.00847. The number of benzene rings is 1. The fourth-order valence-electron chi connectivity index (χ4n) is 12.9. The lowest BCUT2D eigenvalue weighted by Gasteiger charge is -2.47. The van der Waals surface area contributed by atoms with E-state index in [4.69, 9.17) is 73.3 Å². The number of H-pyrrole nitrogens is 1. The number of hydrogen-bond acceptors (Lipinski definition) is 40. The molecule has 7 heterocycles. The van der Waals surface area contributed by atoms with Crippen molar-refractivity contribution in [1.29, 1.82) is 0 Å². The fraction of sp³-hybridized carbons (Fsp3) is 0.611. The highest BCUT2D eigenvalue weighted by atomic mass is 32.1. The highest BCUT2D eigenvalue weighted by Crippen LogP contribution is 2.36. The normalized spacial score (nSPS) is 25.9. The van der Waals surface area contributed by atoms with Crippen molar-refractivity contribution in [3.63, 3.8) is 0 Å². The predicted molar refractivity (Wildman–Crippen MR) is 423 cm³/mol. The number of imidazole rings is 1. The molecule has 4 aromatic heterocycles. The van der Waals surface area contributed by atoms with Crippen LogP contribution in [0.1, 0.15) is 139 Å². The van der Waals surface area contributed by atoms with Crippen molar-refractivity contribution >= 4 is 81.8 Å². The Hall–Kier alpha value is -9.28. The summed E-state index contributed by atoms with van der Waals surface area (Å²) in [6, 6.07) is -0.117. The summed E-state index contributed by atoms with van der Waals surface area (Å²) in [4.78, 5) is 145. The van der Waals surface area contributed by atoms with Gasteiger partial charge >= 0.3 is 6.09 Å². The number of thiazole rings is 2. The van der Waals surface area contributed by atoms with Gasteiger partial charge < -0.3 is 177 Å². The Balaban J connectivity index is 0.986. The Labute approximate surface area is 704 Å². The second-order valence-electron chi connectivity index (χ2n) is 29.4. The third kappa shape index (κ3) is 26.6. The zero-order valence-corrected chi connectivity index (χ0v) is 68.4. The largest absolute Gasteiger partial charge is 0.441 e. The molecule has 9 amide bonds. The minimum atomic E-state index is -2.27. The maximum atomic E-state index is 15.3. The molecule has 8 rings (SSSR count). The van der Waals surface area contributed by atoms with Crippen LogP contribution in [-0.2, 0) is 61.9 Å². The van der Waals surface area contributed by atoms with E-state index in [-0.39, 0.29) is 57.6 Å². The molecule has 0 saturated carbocycles. The number of aromatic amines is 1. The molecule has 27 atom stereocenters. The van der Waals surface area contributed by atoms with E-state index in [0.29, 0.717) is 32.4 Å². The third-order valence-corrected chi connectivity index (χ3v) is 21.9. The van der Waals surface area contributed by atoms with Gasteiger partial charge in [-0.3, -0.25) is 38.4 Å². The first-order chi connectivity index (χ1) is 57.8. The SMILES string of the molecule is Cc1c(N)nc([C@H](CC(N)=O)NC[C@H](N)C(N)=O)nc1C(=O)N[C@H](C(=O)N[C@H](C)[C@@H](O)CC(=O)N[C@H](C(=O)NC(OC1OC(C)C(N)C(O)C1O)C(O)c1nc(-c2nc(C(=O)NCCCC(N)CC(=O)NCCCNC(C)c3ccccc3)cs2)cs1)[C@@H](C)O)[C@@H](OC1OC(CO)C(O)C(O)C1OC1OC(CO)C(O)C(OC(N)=O)C1O)c1cnc[nH]1. The van der Waals surface area contributed by atoms with Gasteiger partial charge in [-0.1, -0.05) is 30.3 Å². The summed E-state index contributed by atoms with van der Waals surface area (Å²) in [6.07, 6.45) is -36.5. The summed E-state index contributed by atoms with van der Waals surface area (Å²) < 4.78 is 40.5. The van der Waals surface area contributed by atoms with Crippen LogP contribution in [-0.4, -0.2) is 320 Å². The van der Waals surface area contributed by atoms with E-state index >= 15 is 9.59 Å². The second-order valence-corrected chi connectivity index (χ2v) is 31.2. The summed E-state index contributed by atoms with van der Waals surface area (Å²) in [5.41, 5.74) is 40.8. The van der Waals surface area contributed by atoms with Gasteiger partial charge in [0, 0.05) is 60.9 Å². The Bertz CT molecular complexity index is 4260. The van der Waals surface area contributed by atoms with Crippen molar-refractivity contribution in [1.82, 2.24) is 72.4 Å². The Morgan fingerprint density at radius 1 is 0.672 bits per heavy atom. The number of carbonyl (C=O) groups is 9. The molecule has 3 saturated heterocycles. The van der Waals surface area contributed by atoms with Gasteiger partial charge in [0.15, 0.2) is 37.3 Å². The molecule has 0 bridgehead atoms. The van der Waals surface area contributed by atoms with Gasteiger partial charge in [-0.15, -0.1) is 22.7 Å². The number of nitrogens with zero attached hydrogens (tertiary/aromatic N) is 5. The molecule has 1 aromatic carbocycles. The lowest BCUT2D eigenvalue weighted by Crippen LogP contribution is -2.65. The number of nitrogens with two attached hydrogens (primary N) is 7. The van der Waals surface area contributed by atoms with Gasteiger partial charge in [0.05, 0.1) is 80.3 Å². The van der Waals surface area contributed by atoms with E-state index in [1.54, 1.807) is 0 Å². The molecule has 0 aliphatic carbocycles. The van der Waals surface area contributed by atoms with Gasteiger partial charge in [0.2, 0.25) is 35.4 Å². The topological polar surface area (TPSA) is 799 Å². The van der Waals surface area contributed by atoms with Crippen LogP contribution in [0.3, 0.4) is 0 Å². The first-order valence-corrected chi connectivity index (χ1v) is 40.5. The predicted octanol–water partition coefficient (Wildman–Crippen LogP) is -9.24. The van der Waals surface area contributed by atoms with E-state index in [0.717, 1.165) is 54.6 Å². The fourth-order valence-corrected chi connectivity index (χ4v) is 14.5. The maximum absolute atomic E-state index is 15.3. The van der Waals surface area contributed by atoms with Crippen molar-refractivity contribution in [3.05, 3.63) is 92.7 Å². The maximum Gasteiger partial charge on any atom is 0.404 e. The molecular formula is C72H109N21O27S2. The average molecular weight is 1760 g/mol. The molecule has 34 N–H and O–H groups in total. The Morgan fingerprint density at radius 3 is 2.01 bits per heavy atom. The molecule has 0 spiro atoms. The molecule has 3 aliphatic heterocycles. The Morgan fingerprint density at radius 2 is 1.35 bits per heavy atom. The van der Waals surface area contributed by atoms with Crippen molar-refractivity contribution in [2.45, 2.75) is 238 Å². The van der Waals surface area contributed by atoms with Crippen LogP contribution in [0, 0.1) is 6.92 Å². The highest BCUT2D eigenvalue weighted by Gasteiger charge is 2.54. The molecule has 676 valence electrons. The molecule has 0 radical (unpaired) electrons. The number of rotatable bonds is 45. The van der Waals surface area contributed by atoms with Crippen molar-refractivity contribution in [2.24, 2.45) is 34.4 Å². The van der Waals surface area contributed by atoms with Gasteiger partial charge in [-0.2, -0.15) is 0 Å². The quantitative estimate of drug-likeness (QED) is 0.0127. The number of anilines is 1. The van der Waals surface area contributed by atoms with Crippen LogP contribution in [0.5, 0.6) is 0 Å². The first-order valence-electron chi connectivity index (χ1n) is 38.7. The van der Waals surface area contributed by atoms with Gasteiger partial charge in [-0.05, 0) is 66.0 Å². The van der Waals surface area contributed by atoms with E-state index < -0.39 is 256 Å². The number of amides is 9. The van der Waals surface area contributed by atoms with Crippen LogP contribution >= 0.6 is 22.7 Å². The zero-order chi connectivity index (χ0) is 89.7. The lowest BCUT2D eigenvalue weighted by atomic mass is 9.97. The molecule has 50 heteroatoms. The van der Waals surface area contributed by atoms with E-state index in [2.05, 4.69) is 79.4 Å². The standard InChI is InChI=1S/C72H109N21O27S2/c1-27-46(90-61(92-59(27)77)35(18-42(75)98)84-20-34(74)60(78)108)63(110)91-48(56(36-21-80-26-85-36)117-71-58(52(104)49(101)40(22-94)116-71)118-70-54(106)57(119-72(79)113)50(102)41(23-95)115-70)65(112)86-29(3)39(97)19-44(100)89-47(30(4)96)64(111)93-66(120-69-53(105)51(103)45(76)31(5)114-69)55(107)68-88-38(25-122-68)67-87-37(24-121-67)62(109)83-14-9-13-33(73)17-43(99)82-16-10-15-81-28(2)32-11-7-6-8-12-32/h6-8,11-12,21,24-26,28-31,33-35,39-41,45,47-58,66,69-71,81,84,94-97,101-107H,9-10,13-20,22-23,73-74,76H2,1-5H3,(H2,75,98)(H2,78,108)(H2,79,113)(H,80,85)(H,82,99)(H,83,109)(H,86,112)(H,89,100)(H,91,110)(H,93,111)(H2,77,90,92)/t28?,29-,30-,31?,33?,34+,35+,39+,40?,41?,45?,47+,48+,49?,50?,51?,52?,53?,54?,55?,56+,57?,58?,66?,69?,70?,71?/m1/s1. The zero-order valence-electron chi connectivity index (χ0n) is 66.8. The molecule has 48 nitrogen and oxygen atoms in total. The molecule has 19 unspecified atom stereocenters.